The van der Waals surface area contributed by atoms with E-state index in [-0.39, 0.29) is 24.8 Å². The molecule has 0 spiro atoms. The number of carbonyl (C=O) groups excluding carboxylic acids is 1. The van der Waals surface area contributed by atoms with Gasteiger partial charge in [0.15, 0.2) is 0 Å². The number of rotatable bonds is 5. The van der Waals surface area contributed by atoms with Crippen LogP contribution < -0.4 is 11.1 Å². The molecule has 2 aliphatic rings. The molecule has 2 heterocycles. The monoisotopic (exact) mass is 435 g/mol. The van der Waals surface area contributed by atoms with Crippen molar-refractivity contribution in [2.24, 2.45) is 17.6 Å². The van der Waals surface area contributed by atoms with E-state index < -0.39 is 23.7 Å². The molecule has 170 valence electrons. The van der Waals surface area contributed by atoms with Gasteiger partial charge < -0.3 is 15.8 Å². The molecule has 2 aliphatic carbocycles. The van der Waals surface area contributed by atoms with Crippen LogP contribution in [0.1, 0.15) is 82.8 Å². The number of hydrogen-bond donors (Lipinski definition) is 2. The standard InChI is InChI=1S/C22H31F2N5O2/c1-21(2,3)31-20(30)28-18(14-6-9-22(23,24)10-7-14)16-12-29-11-8-15(26-19(29)27-16)17(25)13-4-5-13/h8,11-14,17-18H,4-7,9-10,25H2,1-3H3,(H,28,30)/t17?,18-/m0/s1. The molecule has 1 unspecified atom stereocenters. The summed E-state index contributed by atoms with van der Waals surface area (Å²) in [5.74, 6) is -1.86. The van der Waals surface area contributed by atoms with Gasteiger partial charge >= 0.3 is 6.09 Å². The first-order valence-electron chi connectivity index (χ1n) is 11.0. The Morgan fingerprint density at radius 3 is 2.45 bits per heavy atom. The lowest BCUT2D eigenvalue weighted by Crippen LogP contribution is -2.40. The van der Waals surface area contributed by atoms with Crippen molar-refractivity contribution >= 4 is 11.9 Å². The van der Waals surface area contributed by atoms with Gasteiger partial charge in [-0.1, -0.05) is 0 Å². The summed E-state index contributed by atoms with van der Waals surface area (Å²) < 4.78 is 34.7. The number of alkyl halides is 2. The van der Waals surface area contributed by atoms with E-state index in [0.29, 0.717) is 30.2 Å². The molecule has 0 saturated heterocycles. The highest BCUT2D eigenvalue weighted by atomic mass is 19.3. The summed E-state index contributed by atoms with van der Waals surface area (Å²) in [6.07, 6.45) is 5.49. The van der Waals surface area contributed by atoms with Crippen molar-refractivity contribution in [3.63, 3.8) is 0 Å². The zero-order chi connectivity index (χ0) is 22.4. The number of halogens is 2. The minimum atomic E-state index is -2.65. The minimum Gasteiger partial charge on any atom is -0.444 e. The number of nitrogens with two attached hydrogens (primary N) is 1. The number of imidazole rings is 1. The van der Waals surface area contributed by atoms with Crippen molar-refractivity contribution in [1.82, 2.24) is 19.7 Å². The van der Waals surface area contributed by atoms with Crippen LogP contribution in [0.4, 0.5) is 13.6 Å². The molecule has 4 rings (SSSR count). The van der Waals surface area contributed by atoms with E-state index in [4.69, 9.17) is 10.5 Å². The first-order chi connectivity index (χ1) is 14.5. The van der Waals surface area contributed by atoms with Crippen molar-refractivity contribution in [3.05, 3.63) is 29.8 Å². The van der Waals surface area contributed by atoms with Crippen LogP contribution >= 0.6 is 0 Å². The molecule has 0 aromatic carbocycles. The largest absolute Gasteiger partial charge is 0.444 e. The topological polar surface area (TPSA) is 94.5 Å². The number of amides is 1. The lowest BCUT2D eigenvalue weighted by molar-refractivity contribution is -0.0500. The van der Waals surface area contributed by atoms with E-state index in [1.807, 2.05) is 12.3 Å². The number of ether oxygens (including phenoxy) is 1. The quantitative estimate of drug-likeness (QED) is 0.720. The summed E-state index contributed by atoms with van der Waals surface area (Å²) in [5, 5.41) is 2.88. The Hall–Kier alpha value is -2.29. The maximum Gasteiger partial charge on any atom is 0.408 e. The molecule has 2 saturated carbocycles. The molecule has 2 atom stereocenters. The van der Waals surface area contributed by atoms with Gasteiger partial charge in [-0.25, -0.2) is 23.5 Å². The zero-order valence-electron chi connectivity index (χ0n) is 18.3. The molecular weight excluding hydrogens is 404 g/mol. The van der Waals surface area contributed by atoms with Crippen molar-refractivity contribution < 1.29 is 18.3 Å². The zero-order valence-corrected chi connectivity index (χ0v) is 18.3. The molecule has 2 aromatic rings. The number of alkyl carbamates (subject to hydrolysis) is 1. The lowest BCUT2D eigenvalue weighted by Gasteiger charge is -2.33. The maximum absolute atomic E-state index is 13.7. The summed E-state index contributed by atoms with van der Waals surface area (Å²) >= 11 is 0. The minimum absolute atomic E-state index is 0.110. The molecule has 0 bridgehead atoms. The van der Waals surface area contributed by atoms with E-state index in [0.717, 1.165) is 18.5 Å². The van der Waals surface area contributed by atoms with Crippen LogP contribution in [0.15, 0.2) is 18.5 Å². The fourth-order valence-corrected chi connectivity index (χ4v) is 4.20. The molecular formula is C22H31F2N5O2. The van der Waals surface area contributed by atoms with Gasteiger partial charge in [-0.3, -0.25) is 4.40 Å². The molecule has 0 radical (unpaired) electrons. The van der Waals surface area contributed by atoms with E-state index in [9.17, 15) is 13.6 Å². The summed E-state index contributed by atoms with van der Waals surface area (Å²) in [6, 6.07) is 1.24. The van der Waals surface area contributed by atoms with E-state index in [2.05, 4.69) is 15.3 Å². The molecule has 2 fully saturated rings. The molecule has 9 heteroatoms. The molecule has 3 N–H and O–H groups in total. The second kappa shape index (κ2) is 8.00. The highest BCUT2D eigenvalue weighted by Crippen LogP contribution is 2.42. The second-order valence-corrected chi connectivity index (χ2v) is 9.91. The Bertz CT molecular complexity index is 941. The van der Waals surface area contributed by atoms with Crippen molar-refractivity contribution in [3.8, 4) is 0 Å². The van der Waals surface area contributed by atoms with Crippen LogP contribution in [0.2, 0.25) is 0 Å². The first-order valence-corrected chi connectivity index (χ1v) is 11.0. The van der Waals surface area contributed by atoms with Crippen molar-refractivity contribution in [2.45, 2.75) is 82.9 Å². The van der Waals surface area contributed by atoms with Crippen molar-refractivity contribution in [1.29, 1.82) is 0 Å². The van der Waals surface area contributed by atoms with Gasteiger partial charge in [-0.2, -0.15) is 0 Å². The molecule has 2 aromatic heterocycles. The molecule has 0 aliphatic heterocycles. The second-order valence-electron chi connectivity index (χ2n) is 9.91. The van der Waals surface area contributed by atoms with Gasteiger partial charge in [0.1, 0.15) is 5.60 Å². The highest BCUT2D eigenvalue weighted by molar-refractivity contribution is 5.68. The number of carbonyl (C=O) groups is 1. The molecule has 7 nitrogen and oxygen atoms in total. The van der Waals surface area contributed by atoms with Crippen LogP contribution in [0.5, 0.6) is 0 Å². The summed E-state index contributed by atoms with van der Waals surface area (Å²) in [7, 11) is 0. The lowest BCUT2D eigenvalue weighted by atomic mass is 9.81. The van der Waals surface area contributed by atoms with Crippen LogP contribution in [0.3, 0.4) is 0 Å². The third-order valence-electron chi connectivity index (χ3n) is 6.06. The fraction of sp³-hybridized carbons (Fsp3) is 0.682. The SMILES string of the molecule is CC(C)(C)OC(=O)N[C@H](c1cn2ccc(C(N)C3CC3)nc2n1)C1CCC(F)(F)CC1. The third kappa shape index (κ3) is 5.31. The van der Waals surface area contributed by atoms with Crippen LogP contribution in [-0.4, -0.2) is 32.0 Å². The first kappa shape index (κ1) is 21.9. The highest BCUT2D eigenvalue weighted by Gasteiger charge is 2.40. The Balaban J connectivity index is 1.60. The number of fused-ring (bicyclic) bond motifs is 1. The summed E-state index contributed by atoms with van der Waals surface area (Å²) in [5.41, 5.74) is 7.00. The summed E-state index contributed by atoms with van der Waals surface area (Å²) in [4.78, 5) is 21.7. The van der Waals surface area contributed by atoms with Gasteiger partial charge in [0.05, 0.1) is 23.5 Å². The Morgan fingerprint density at radius 2 is 1.84 bits per heavy atom. The predicted octanol–water partition coefficient (Wildman–Crippen LogP) is 4.53. The maximum atomic E-state index is 13.7. The van der Waals surface area contributed by atoms with Gasteiger partial charge in [-0.15, -0.1) is 0 Å². The van der Waals surface area contributed by atoms with Gasteiger partial charge in [-0.05, 0) is 64.4 Å². The van der Waals surface area contributed by atoms with Gasteiger partial charge in [0, 0.05) is 25.2 Å². The average Bonchev–Trinajstić information content (AvgIpc) is 3.43. The summed E-state index contributed by atoms with van der Waals surface area (Å²) in [6.45, 7) is 5.34. The van der Waals surface area contributed by atoms with Crippen LogP contribution in [-0.2, 0) is 4.74 Å². The Labute approximate surface area is 180 Å². The van der Waals surface area contributed by atoms with Gasteiger partial charge in [0.25, 0.3) is 0 Å². The van der Waals surface area contributed by atoms with Gasteiger partial charge in [0.2, 0.25) is 11.7 Å². The van der Waals surface area contributed by atoms with E-state index >= 15 is 0 Å². The average molecular weight is 436 g/mol. The fourth-order valence-electron chi connectivity index (χ4n) is 4.20. The predicted molar refractivity (Wildman–Crippen MR) is 112 cm³/mol. The number of nitrogens with zero attached hydrogens (tertiary/aromatic N) is 3. The number of nitrogens with one attached hydrogen (secondary N) is 1. The molecule has 1 amide bonds. The number of hydrogen-bond acceptors (Lipinski definition) is 5. The third-order valence-corrected chi connectivity index (χ3v) is 6.06. The Morgan fingerprint density at radius 1 is 1.19 bits per heavy atom. The number of aromatic nitrogens is 3. The van der Waals surface area contributed by atoms with Crippen LogP contribution in [0.25, 0.3) is 5.78 Å². The van der Waals surface area contributed by atoms with Crippen LogP contribution in [0, 0.1) is 11.8 Å². The van der Waals surface area contributed by atoms with E-state index in [1.54, 1.807) is 31.4 Å². The molecule has 31 heavy (non-hydrogen) atoms. The van der Waals surface area contributed by atoms with E-state index in [1.165, 1.54) is 0 Å². The normalized spacial score (nSPS) is 21.6. The smallest absolute Gasteiger partial charge is 0.408 e. The van der Waals surface area contributed by atoms with Crippen molar-refractivity contribution in [2.75, 3.05) is 0 Å². The Kier molecular flexibility index (Phi) is 5.66.